The number of aliphatic hydroxyl groups excluding tert-OH is 2. The lowest BCUT2D eigenvalue weighted by Gasteiger charge is -2.28. The van der Waals surface area contributed by atoms with Crippen molar-refractivity contribution >= 4 is 17.0 Å². The first kappa shape index (κ1) is 14.1. The summed E-state index contributed by atoms with van der Waals surface area (Å²) < 4.78 is 21.4. The van der Waals surface area contributed by atoms with E-state index in [0.717, 1.165) is 0 Å². The van der Waals surface area contributed by atoms with Crippen molar-refractivity contribution in [2.45, 2.75) is 37.4 Å². The van der Waals surface area contributed by atoms with Gasteiger partial charge in [0.2, 0.25) is 0 Å². The van der Waals surface area contributed by atoms with Gasteiger partial charge in [-0.3, -0.25) is 4.57 Å². The van der Waals surface area contributed by atoms with E-state index in [2.05, 4.69) is 15.0 Å². The van der Waals surface area contributed by atoms with Gasteiger partial charge in [-0.25, -0.2) is 19.3 Å². The summed E-state index contributed by atoms with van der Waals surface area (Å²) in [6, 6.07) is 0. The number of aliphatic hydroxyl groups is 2. The molecule has 0 aromatic carbocycles. The average Bonchev–Trinajstić information content (AvgIpc) is 3.02. The van der Waals surface area contributed by atoms with Crippen LogP contribution in [0.2, 0.25) is 0 Å². The molecule has 2 aromatic rings. The highest BCUT2D eigenvalue weighted by molar-refractivity contribution is 5.81. The fourth-order valence-electron chi connectivity index (χ4n) is 2.62. The number of hydrogen-bond acceptors (Lipinski definition) is 7. The van der Waals surface area contributed by atoms with Crippen molar-refractivity contribution in [2.75, 3.05) is 12.3 Å². The van der Waals surface area contributed by atoms with Gasteiger partial charge in [-0.1, -0.05) is 6.92 Å². The second-order valence-electron chi connectivity index (χ2n) is 5.06. The molecule has 9 heteroatoms. The molecule has 0 amide bonds. The van der Waals surface area contributed by atoms with Crippen LogP contribution in [0, 0.1) is 0 Å². The highest BCUT2D eigenvalue weighted by atomic mass is 19.1. The molecule has 1 aliphatic rings. The number of imidazole rings is 1. The van der Waals surface area contributed by atoms with Crippen molar-refractivity contribution < 1.29 is 19.3 Å². The zero-order chi connectivity index (χ0) is 15.2. The molecule has 114 valence electrons. The van der Waals surface area contributed by atoms with Crippen molar-refractivity contribution in [1.82, 2.24) is 19.5 Å². The standard InChI is InChI=1S/C12H16FN5O3/c1-2-12(3-19)8(20)6(13)11(21-12)18-5-17-7-9(14)15-4-16-10(7)18/h4-6,8,11,19-20H,2-3H2,1H3,(H2,14,15,16)/t6-,8+,11-,12-/m1/s1. The maximum absolute atomic E-state index is 14.4. The summed E-state index contributed by atoms with van der Waals surface area (Å²) >= 11 is 0. The summed E-state index contributed by atoms with van der Waals surface area (Å²) in [5.74, 6) is 0.177. The van der Waals surface area contributed by atoms with Crippen LogP contribution in [0.15, 0.2) is 12.7 Å². The smallest absolute Gasteiger partial charge is 0.174 e. The summed E-state index contributed by atoms with van der Waals surface area (Å²) in [6.45, 7) is 1.23. The van der Waals surface area contributed by atoms with E-state index in [-0.39, 0.29) is 12.2 Å². The Balaban J connectivity index is 2.06. The van der Waals surface area contributed by atoms with Gasteiger partial charge in [0.25, 0.3) is 0 Å². The molecule has 0 radical (unpaired) electrons. The van der Waals surface area contributed by atoms with Gasteiger partial charge in [-0.15, -0.1) is 0 Å². The fourth-order valence-corrected chi connectivity index (χ4v) is 2.62. The van der Waals surface area contributed by atoms with Crippen LogP contribution in [-0.4, -0.2) is 54.2 Å². The van der Waals surface area contributed by atoms with Gasteiger partial charge in [0, 0.05) is 0 Å². The monoisotopic (exact) mass is 297 g/mol. The lowest BCUT2D eigenvalue weighted by atomic mass is 9.94. The minimum absolute atomic E-state index is 0.177. The number of nitrogen functional groups attached to an aromatic ring is 1. The van der Waals surface area contributed by atoms with Crippen molar-refractivity contribution in [2.24, 2.45) is 0 Å². The van der Waals surface area contributed by atoms with E-state index in [1.165, 1.54) is 17.2 Å². The molecule has 8 nitrogen and oxygen atoms in total. The molecule has 0 bridgehead atoms. The van der Waals surface area contributed by atoms with Crippen LogP contribution in [-0.2, 0) is 4.74 Å². The van der Waals surface area contributed by atoms with Gasteiger partial charge < -0.3 is 20.7 Å². The molecule has 1 fully saturated rings. The molecule has 4 N–H and O–H groups in total. The number of ether oxygens (including phenoxy) is 1. The Morgan fingerprint density at radius 2 is 2.24 bits per heavy atom. The molecule has 4 atom stereocenters. The predicted molar refractivity (Wildman–Crippen MR) is 70.9 cm³/mol. The third kappa shape index (κ3) is 1.88. The maximum atomic E-state index is 14.4. The minimum Gasteiger partial charge on any atom is -0.393 e. The van der Waals surface area contributed by atoms with E-state index in [1.807, 2.05) is 0 Å². The molecular formula is C12H16FN5O3. The first-order chi connectivity index (χ1) is 10.0. The Bertz CT molecular complexity index is 659. The molecule has 1 saturated heterocycles. The minimum atomic E-state index is -1.72. The van der Waals surface area contributed by atoms with Gasteiger partial charge >= 0.3 is 0 Å². The van der Waals surface area contributed by atoms with E-state index >= 15 is 0 Å². The van der Waals surface area contributed by atoms with Gasteiger partial charge in [-0.2, -0.15) is 0 Å². The van der Waals surface area contributed by atoms with E-state index in [9.17, 15) is 14.6 Å². The Hall–Kier alpha value is -1.84. The molecule has 0 spiro atoms. The highest BCUT2D eigenvalue weighted by Crippen LogP contribution is 2.41. The number of hydrogen-bond donors (Lipinski definition) is 3. The van der Waals surface area contributed by atoms with E-state index in [0.29, 0.717) is 11.2 Å². The van der Waals surface area contributed by atoms with Gasteiger partial charge in [0.05, 0.1) is 12.9 Å². The Morgan fingerprint density at radius 1 is 1.48 bits per heavy atom. The summed E-state index contributed by atoms with van der Waals surface area (Å²) in [6.07, 6.45) is -1.44. The van der Waals surface area contributed by atoms with Crippen molar-refractivity contribution in [3.05, 3.63) is 12.7 Å². The summed E-state index contributed by atoms with van der Waals surface area (Å²) in [5.41, 5.74) is 5.00. The van der Waals surface area contributed by atoms with Crippen LogP contribution in [0.25, 0.3) is 11.2 Å². The van der Waals surface area contributed by atoms with Crippen molar-refractivity contribution in [3.8, 4) is 0 Å². The maximum Gasteiger partial charge on any atom is 0.174 e. The van der Waals surface area contributed by atoms with Crippen molar-refractivity contribution in [1.29, 1.82) is 0 Å². The Kier molecular flexibility index (Phi) is 3.27. The number of halogens is 1. The normalized spacial score (nSPS) is 32.9. The number of rotatable bonds is 3. The molecule has 3 rings (SSSR count). The molecule has 0 aliphatic carbocycles. The van der Waals surface area contributed by atoms with Gasteiger partial charge in [0.15, 0.2) is 23.9 Å². The number of aromatic nitrogens is 4. The zero-order valence-electron chi connectivity index (χ0n) is 11.3. The predicted octanol–water partition coefficient (Wildman–Crippen LogP) is -0.223. The first-order valence-electron chi connectivity index (χ1n) is 6.58. The Labute approximate surface area is 119 Å². The summed E-state index contributed by atoms with van der Waals surface area (Å²) in [4.78, 5) is 11.9. The average molecular weight is 297 g/mol. The van der Waals surface area contributed by atoms with Crippen LogP contribution in [0.4, 0.5) is 10.2 Å². The van der Waals surface area contributed by atoms with E-state index in [1.54, 1.807) is 6.92 Å². The second-order valence-corrected chi connectivity index (χ2v) is 5.06. The second kappa shape index (κ2) is 4.86. The number of nitrogens with zero attached hydrogens (tertiary/aromatic N) is 4. The lowest BCUT2D eigenvalue weighted by molar-refractivity contribution is -0.128. The Morgan fingerprint density at radius 3 is 2.86 bits per heavy atom. The molecule has 0 unspecified atom stereocenters. The van der Waals surface area contributed by atoms with Crippen LogP contribution in [0.1, 0.15) is 19.6 Å². The topological polar surface area (TPSA) is 119 Å². The van der Waals surface area contributed by atoms with Gasteiger partial charge in [-0.05, 0) is 6.42 Å². The summed E-state index contributed by atoms with van der Waals surface area (Å²) in [7, 11) is 0. The molecule has 0 saturated carbocycles. The molecule has 1 aliphatic heterocycles. The number of alkyl halides is 1. The van der Waals surface area contributed by atoms with Crippen LogP contribution in [0.5, 0.6) is 0 Å². The van der Waals surface area contributed by atoms with Crippen LogP contribution >= 0.6 is 0 Å². The molecule has 21 heavy (non-hydrogen) atoms. The number of nitrogens with two attached hydrogens (primary N) is 1. The van der Waals surface area contributed by atoms with Gasteiger partial charge in [0.1, 0.15) is 23.5 Å². The summed E-state index contributed by atoms with van der Waals surface area (Å²) in [5, 5.41) is 19.5. The van der Waals surface area contributed by atoms with Crippen LogP contribution < -0.4 is 5.73 Å². The lowest BCUT2D eigenvalue weighted by Crippen LogP contribution is -2.44. The molecular weight excluding hydrogens is 281 g/mol. The number of fused-ring (bicyclic) bond motifs is 1. The van der Waals surface area contributed by atoms with Crippen LogP contribution in [0.3, 0.4) is 0 Å². The SMILES string of the molecule is CC[C@]1(CO)O[C@@H](n2cnc3c(N)ncnc32)[C@H](F)[C@@H]1O. The fraction of sp³-hybridized carbons (Fsp3) is 0.583. The number of anilines is 1. The van der Waals surface area contributed by atoms with E-state index < -0.39 is 30.7 Å². The molecule has 2 aromatic heterocycles. The zero-order valence-corrected chi connectivity index (χ0v) is 11.3. The first-order valence-corrected chi connectivity index (χ1v) is 6.58. The highest BCUT2D eigenvalue weighted by Gasteiger charge is 2.55. The molecule has 3 heterocycles. The third-order valence-corrected chi connectivity index (χ3v) is 4.00. The quantitative estimate of drug-likeness (QED) is 0.716. The third-order valence-electron chi connectivity index (χ3n) is 4.00. The van der Waals surface area contributed by atoms with E-state index in [4.69, 9.17) is 10.5 Å². The largest absolute Gasteiger partial charge is 0.393 e. The van der Waals surface area contributed by atoms with Crippen molar-refractivity contribution in [3.63, 3.8) is 0 Å².